The summed E-state index contributed by atoms with van der Waals surface area (Å²) in [6.07, 6.45) is 3.46. The lowest BCUT2D eigenvalue weighted by molar-refractivity contribution is 0.173. The van der Waals surface area contributed by atoms with E-state index in [0.29, 0.717) is 23.5 Å². The predicted octanol–water partition coefficient (Wildman–Crippen LogP) is 1.71. The van der Waals surface area contributed by atoms with E-state index >= 15 is 0 Å². The van der Waals surface area contributed by atoms with Crippen LogP contribution in [0.1, 0.15) is 17.2 Å². The average Bonchev–Trinajstić information content (AvgIpc) is 2.82. The van der Waals surface area contributed by atoms with Gasteiger partial charge in [-0.15, -0.1) is 0 Å². The van der Waals surface area contributed by atoms with E-state index in [1.165, 1.54) is 0 Å². The summed E-state index contributed by atoms with van der Waals surface area (Å²) < 4.78 is 12.3. The molecular weight excluding hydrogens is 244 g/mol. The maximum Gasteiger partial charge on any atom is 0.166 e. The molecule has 5 nitrogen and oxygen atoms in total. The molecule has 0 amide bonds. The van der Waals surface area contributed by atoms with Crippen LogP contribution in [-0.4, -0.2) is 29.1 Å². The first-order valence-corrected chi connectivity index (χ1v) is 6.02. The number of rotatable bonds is 5. The van der Waals surface area contributed by atoms with Gasteiger partial charge < -0.3 is 14.6 Å². The standard InChI is InChI=1S/C14H18N2O3/c1-16-9-10(8-15-16)7-12(17)11-5-4-6-13(18-2)14(11)19-3/h4-6,8-9,12,17H,7H2,1-3H3. The Hall–Kier alpha value is -2.01. The summed E-state index contributed by atoms with van der Waals surface area (Å²) >= 11 is 0. The molecule has 0 radical (unpaired) electrons. The molecule has 0 aliphatic heterocycles. The van der Waals surface area contributed by atoms with Crippen LogP contribution in [0.3, 0.4) is 0 Å². The number of hydrogen-bond acceptors (Lipinski definition) is 4. The van der Waals surface area contributed by atoms with Gasteiger partial charge in [0.1, 0.15) is 0 Å². The van der Waals surface area contributed by atoms with E-state index < -0.39 is 6.10 Å². The van der Waals surface area contributed by atoms with Gasteiger partial charge in [0.05, 0.1) is 26.5 Å². The smallest absolute Gasteiger partial charge is 0.166 e. The molecule has 1 heterocycles. The number of aliphatic hydroxyl groups is 1. The number of aliphatic hydroxyl groups excluding tert-OH is 1. The van der Waals surface area contributed by atoms with Crippen molar-refractivity contribution in [3.05, 3.63) is 41.7 Å². The van der Waals surface area contributed by atoms with Crippen LogP contribution in [0.15, 0.2) is 30.6 Å². The first-order valence-electron chi connectivity index (χ1n) is 6.02. The van der Waals surface area contributed by atoms with Gasteiger partial charge in [0.2, 0.25) is 0 Å². The molecule has 5 heteroatoms. The van der Waals surface area contributed by atoms with E-state index in [9.17, 15) is 5.11 Å². The zero-order valence-electron chi connectivity index (χ0n) is 11.3. The van der Waals surface area contributed by atoms with Crippen molar-refractivity contribution >= 4 is 0 Å². The number of ether oxygens (including phenoxy) is 2. The van der Waals surface area contributed by atoms with Gasteiger partial charge in [0, 0.05) is 25.2 Å². The summed E-state index contributed by atoms with van der Waals surface area (Å²) in [7, 11) is 5.00. The van der Waals surface area contributed by atoms with Crippen LogP contribution >= 0.6 is 0 Å². The topological polar surface area (TPSA) is 56.5 Å². The van der Waals surface area contributed by atoms with Gasteiger partial charge in [0.25, 0.3) is 0 Å². The summed E-state index contributed by atoms with van der Waals surface area (Å²) in [5.74, 6) is 1.19. The first kappa shape index (κ1) is 13.4. The van der Waals surface area contributed by atoms with E-state index in [1.807, 2.05) is 25.4 Å². The first-order chi connectivity index (χ1) is 9.15. The second-order valence-corrected chi connectivity index (χ2v) is 4.32. The van der Waals surface area contributed by atoms with Gasteiger partial charge in [-0.3, -0.25) is 4.68 Å². The SMILES string of the molecule is COc1cccc(C(O)Cc2cnn(C)c2)c1OC. The minimum atomic E-state index is -0.658. The van der Waals surface area contributed by atoms with Gasteiger partial charge in [0.15, 0.2) is 11.5 Å². The van der Waals surface area contributed by atoms with E-state index in [2.05, 4.69) is 5.10 Å². The lowest BCUT2D eigenvalue weighted by atomic mass is 10.0. The van der Waals surface area contributed by atoms with Crippen molar-refractivity contribution in [1.82, 2.24) is 9.78 Å². The molecule has 1 aromatic carbocycles. The Morgan fingerprint density at radius 2 is 2.11 bits per heavy atom. The van der Waals surface area contributed by atoms with Crippen molar-refractivity contribution < 1.29 is 14.6 Å². The molecule has 2 aromatic rings. The number of methoxy groups -OCH3 is 2. The Balaban J connectivity index is 2.25. The number of nitrogens with zero attached hydrogens (tertiary/aromatic N) is 2. The molecule has 0 fully saturated rings. The molecule has 0 spiro atoms. The van der Waals surface area contributed by atoms with Gasteiger partial charge in [-0.25, -0.2) is 0 Å². The molecule has 1 atom stereocenters. The molecule has 1 unspecified atom stereocenters. The molecule has 19 heavy (non-hydrogen) atoms. The minimum Gasteiger partial charge on any atom is -0.493 e. The second kappa shape index (κ2) is 5.75. The Morgan fingerprint density at radius 1 is 1.32 bits per heavy atom. The Kier molecular flexibility index (Phi) is 4.06. The third-order valence-corrected chi connectivity index (χ3v) is 2.98. The molecule has 1 N–H and O–H groups in total. The number of benzene rings is 1. The number of aromatic nitrogens is 2. The normalized spacial score (nSPS) is 12.2. The number of para-hydroxylation sites is 1. The lowest BCUT2D eigenvalue weighted by Gasteiger charge is -2.16. The predicted molar refractivity (Wildman–Crippen MR) is 71.4 cm³/mol. The molecular formula is C14H18N2O3. The highest BCUT2D eigenvalue weighted by Gasteiger charge is 2.17. The van der Waals surface area contributed by atoms with Gasteiger partial charge >= 0.3 is 0 Å². The third-order valence-electron chi connectivity index (χ3n) is 2.98. The van der Waals surface area contributed by atoms with Gasteiger partial charge in [-0.05, 0) is 11.6 Å². The average molecular weight is 262 g/mol. The summed E-state index contributed by atoms with van der Waals surface area (Å²) in [5, 5.41) is 14.4. The molecule has 1 aromatic heterocycles. The van der Waals surface area contributed by atoms with E-state index in [-0.39, 0.29) is 0 Å². The molecule has 2 rings (SSSR count). The Bertz CT molecular complexity index is 551. The largest absolute Gasteiger partial charge is 0.493 e. The van der Waals surface area contributed by atoms with Crippen molar-refractivity contribution in [3.8, 4) is 11.5 Å². The molecule has 0 bridgehead atoms. The fraction of sp³-hybridized carbons (Fsp3) is 0.357. The van der Waals surface area contributed by atoms with E-state index in [0.717, 1.165) is 5.56 Å². The maximum atomic E-state index is 10.3. The van der Waals surface area contributed by atoms with Crippen LogP contribution in [0.4, 0.5) is 0 Å². The van der Waals surface area contributed by atoms with Gasteiger partial charge in [-0.2, -0.15) is 5.10 Å². The zero-order valence-corrected chi connectivity index (χ0v) is 11.3. The fourth-order valence-corrected chi connectivity index (χ4v) is 2.08. The highest BCUT2D eigenvalue weighted by atomic mass is 16.5. The van der Waals surface area contributed by atoms with Crippen molar-refractivity contribution in [3.63, 3.8) is 0 Å². The van der Waals surface area contributed by atoms with Crippen LogP contribution in [-0.2, 0) is 13.5 Å². The highest BCUT2D eigenvalue weighted by Crippen LogP contribution is 2.35. The molecule has 0 aliphatic carbocycles. The van der Waals surface area contributed by atoms with Crippen LogP contribution in [0, 0.1) is 0 Å². The Morgan fingerprint density at radius 3 is 2.68 bits per heavy atom. The number of aryl methyl sites for hydroxylation is 1. The van der Waals surface area contributed by atoms with E-state index in [1.54, 1.807) is 31.2 Å². The van der Waals surface area contributed by atoms with Crippen LogP contribution in [0.2, 0.25) is 0 Å². The molecule has 0 aliphatic rings. The van der Waals surface area contributed by atoms with Crippen LogP contribution in [0.25, 0.3) is 0 Å². The van der Waals surface area contributed by atoms with E-state index in [4.69, 9.17) is 9.47 Å². The van der Waals surface area contributed by atoms with Crippen LogP contribution < -0.4 is 9.47 Å². The number of hydrogen-bond donors (Lipinski definition) is 1. The zero-order chi connectivity index (χ0) is 13.8. The van der Waals surface area contributed by atoms with Crippen molar-refractivity contribution in [2.24, 2.45) is 7.05 Å². The summed E-state index contributed by atoms with van der Waals surface area (Å²) in [6, 6.07) is 5.48. The monoisotopic (exact) mass is 262 g/mol. The van der Waals surface area contributed by atoms with Crippen molar-refractivity contribution in [1.29, 1.82) is 0 Å². The highest BCUT2D eigenvalue weighted by molar-refractivity contribution is 5.47. The Labute approximate surface area is 112 Å². The third kappa shape index (κ3) is 2.88. The molecule has 0 saturated heterocycles. The minimum absolute atomic E-state index is 0.483. The summed E-state index contributed by atoms with van der Waals surface area (Å²) in [4.78, 5) is 0. The summed E-state index contributed by atoms with van der Waals surface area (Å²) in [6.45, 7) is 0. The second-order valence-electron chi connectivity index (χ2n) is 4.32. The maximum absolute atomic E-state index is 10.3. The van der Waals surface area contributed by atoms with Crippen molar-refractivity contribution in [2.75, 3.05) is 14.2 Å². The lowest BCUT2D eigenvalue weighted by Crippen LogP contribution is -2.05. The molecule has 102 valence electrons. The van der Waals surface area contributed by atoms with Crippen LogP contribution in [0.5, 0.6) is 11.5 Å². The molecule has 0 saturated carbocycles. The quantitative estimate of drug-likeness (QED) is 0.891. The van der Waals surface area contributed by atoms with Gasteiger partial charge in [-0.1, -0.05) is 12.1 Å². The van der Waals surface area contributed by atoms with Crippen molar-refractivity contribution in [2.45, 2.75) is 12.5 Å². The fourth-order valence-electron chi connectivity index (χ4n) is 2.08. The summed E-state index contributed by atoms with van der Waals surface area (Å²) in [5.41, 5.74) is 1.69.